The summed E-state index contributed by atoms with van der Waals surface area (Å²) in [6.07, 6.45) is 0. The maximum Gasteiger partial charge on any atom is 0.225 e. The van der Waals surface area contributed by atoms with Gasteiger partial charge in [-0.1, -0.05) is 22.6 Å². The van der Waals surface area contributed by atoms with Crippen LogP contribution >= 0.6 is 22.6 Å². The van der Waals surface area contributed by atoms with Crippen LogP contribution in [0.5, 0.6) is 0 Å². The number of hydrogen-bond donors (Lipinski definition) is 1. The predicted octanol–water partition coefficient (Wildman–Crippen LogP) is -0.136. The van der Waals surface area contributed by atoms with Gasteiger partial charge in [-0.25, -0.2) is 13.1 Å². The third-order valence-corrected chi connectivity index (χ3v) is 2.36. The van der Waals surface area contributed by atoms with Crippen LogP contribution in [0.3, 0.4) is 0 Å². The van der Waals surface area contributed by atoms with Crippen LogP contribution in [0.4, 0.5) is 0 Å². The van der Waals surface area contributed by atoms with Gasteiger partial charge in [0, 0.05) is 11.0 Å². The van der Waals surface area contributed by atoms with E-state index in [2.05, 4.69) is 4.72 Å². The van der Waals surface area contributed by atoms with Crippen molar-refractivity contribution in [1.82, 2.24) is 4.72 Å². The van der Waals surface area contributed by atoms with Crippen LogP contribution in [-0.4, -0.2) is 25.1 Å². The Hall–Kier alpha value is 0.130. The number of alkyl halides is 1. The largest absolute Gasteiger partial charge is 0.225 e. The molecule has 0 aromatic heterocycles. The van der Waals surface area contributed by atoms with Crippen molar-refractivity contribution in [2.75, 3.05) is 16.7 Å². The van der Waals surface area contributed by atoms with Crippen molar-refractivity contribution >= 4 is 32.6 Å². The number of hydrogen-bond acceptors (Lipinski definition) is 3. The van der Waals surface area contributed by atoms with Crippen molar-refractivity contribution in [1.29, 1.82) is 5.26 Å². The van der Waals surface area contributed by atoms with Crippen LogP contribution < -0.4 is 4.72 Å². The molecule has 0 saturated heterocycles. The van der Waals surface area contributed by atoms with Crippen LogP contribution in [-0.2, 0) is 10.0 Å². The highest BCUT2D eigenvalue weighted by Gasteiger charge is 2.06. The summed E-state index contributed by atoms with van der Waals surface area (Å²) >= 11 is 2.05. The van der Waals surface area contributed by atoms with Gasteiger partial charge in [-0.15, -0.1) is 0 Å². The molecule has 1 N–H and O–H groups in total. The summed E-state index contributed by atoms with van der Waals surface area (Å²) in [4.78, 5) is 0. The SMILES string of the molecule is N#CCS(=O)(=O)NCCI. The number of nitriles is 1. The standard InChI is InChI=1S/C4H7IN2O2S/c5-1-3-7-10(8,9)4-2-6/h7H,1,3-4H2. The smallest absolute Gasteiger partial charge is 0.214 e. The summed E-state index contributed by atoms with van der Waals surface area (Å²) in [5.74, 6) is -0.455. The van der Waals surface area contributed by atoms with Crippen molar-refractivity contribution in [3.05, 3.63) is 0 Å². The number of rotatable bonds is 4. The summed E-state index contributed by atoms with van der Waals surface area (Å²) in [5, 5.41) is 8.03. The third kappa shape index (κ3) is 4.96. The fraction of sp³-hybridized carbons (Fsp3) is 0.750. The van der Waals surface area contributed by atoms with Gasteiger partial charge in [0.25, 0.3) is 0 Å². The molecule has 0 unspecified atom stereocenters. The molecule has 0 rings (SSSR count). The molecular formula is C4H7IN2O2S. The van der Waals surface area contributed by atoms with Crippen molar-refractivity contribution in [2.24, 2.45) is 0 Å². The van der Waals surface area contributed by atoms with Crippen molar-refractivity contribution in [2.45, 2.75) is 0 Å². The molecule has 4 nitrogen and oxygen atoms in total. The van der Waals surface area contributed by atoms with Crippen molar-refractivity contribution in [3.63, 3.8) is 0 Å². The van der Waals surface area contributed by atoms with Gasteiger partial charge in [0.05, 0.1) is 6.07 Å². The lowest BCUT2D eigenvalue weighted by atomic mass is 10.8. The monoisotopic (exact) mass is 274 g/mol. The summed E-state index contributed by atoms with van der Waals surface area (Å²) in [6, 6.07) is 1.56. The van der Waals surface area contributed by atoms with E-state index in [-0.39, 0.29) is 0 Å². The minimum atomic E-state index is -3.31. The van der Waals surface area contributed by atoms with E-state index in [4.69, 9.17) is 5.26 Å². The Kier molecular flexibility index (Phi) is 4.93. The Balaban J connectivity index is 3.80. The van der Waals surface area contributed by atoms with Gasteiger partial charge in [-0.2, -0.15) is 5.26 Å². The summed E-state index contributed by atoms with van der Waals surface area (Å²) in [5.41, 5.74) is 0. The molecule has 58 valence electrons. The molecule has 0 aliphatic heterocycles. The topological polar surface area (TPSA) is 70.0 Å². The minimum absolute atomic E-state index is 0.393. The second kappa shape index (κ2) is 4.87. The summed E-state index contributed by atoms with van der Waals surface area (Å²) in [6.45, 7) is 0.393. The van der Waals surface area contributed by atoms with E-state index in [1.807, 2.05) is 22.6 Å². The van der Waals surface area contributed by atoms with E-state index < -0.39 is 15.8 Å². The maximum atomic E-state index is 10.7. The van der Waals surface area contributed by atoms with Gasteiger partial charge < -0.3 is 0 Å². The number of nitrogens with one attached hydrogen (secondary N) is 1. The molecule has 0 atom stereocenters. The van der Waals surface area contributed by atoms with Gasteiger partial charge in [-0.3, -0.25) is 0 Å². The molecule has 0 radical (unpaired) electrons. The average molecular weight is 274 g/mol. The van der Waals surface area contributed by atoms with E-state index >= 15 is 0 Å². The Morgan fingerprint density at radius 3 is 2.60 bits per heavy atom. The van der Waals surface area contributed by atoms with Crippen molar-refractivity contribution in [3.8, 4) is 6.07 Å². The zero-order valence-corrected chi connectivity index (χ0v) is 8.15. The molecule has 0 aliphatic carbocycles. The zero-order chi connectivity index (χ0) is 8.04. The van der Waals surface area contributed by atoms with Gasteiger partial charge in [-0.05, 0) is 0 Å². The number of sulfonamides is 1. The lowest BCUT2D eigenvalue weighted by Gasteiger charge is -1.97. The summed E-state index contributed by atoms with van der Waals surface area (Å²) < 4.78 is 24.3. The molecule has 0 fully saturated rings. The summed E-state index contributed by atoms with van der Waals surface area (Å²) in [7, 11) is -3.31. The molecule has 0 bridgehead atoms. The van der Waals surface area contributed by atoms with E-state index in [1.54, 1.807) is 6.07 Å². The maximum absolute atomic E-state index is 10.7. The first-order valence-electron chi connectivity index (χ1n) is 2.52. The van der Waals surface area contributed by atoms with Gasteiger partial charge in [0.15, 0.2) is 5.75 Å². The highest BCUT2D eigenvalue weighted by Crippen LogP contribution is 1.83. The fourth-order valence-electron chi connectivity index (χ4n) is 0.330. The second-order valence-electron chi connectivity index (χ2n) is 1.50. The number of nitrogens with zero attached hydrogens (tertiary/aromatic N) is 1. The molecule has 0 aromatic carbocycles. The Morgan fingerprint density at radius 2 is 2.20 bits per heavy atom. The van der Waals surface area contributed by atoms with Crippen LogP contribution in [0.15, 0.2) is 0 Å². The van der Waals surface area contributed by atoms with E-state index in [0.29, 0.717) is 11.0 Å². The second-order valence-corrected chi connectivity index (χ2v) is 4.39. The van der Waals surface area contributed by atoms with E-state index in [0.717, 1.165) is 0 Å². The molecule has 0 aromatic rings. The third-order valence-electron chi connectivity index (χ3n) is 0.671. The lowest BCUT2D eigenvalue weighted by molar-refractivity contribution is 0.588. The molecule has 0 amide bonds. The first-order chi connectivity index (χ1) is 4.62. The zero-order valence-electron chi connectivity index (χ0n) is 5.17. The molecule has 0 spiro atoms. The minimum Gasteiger partial charge on any atom is -0.214 e. The van der Waals surface area contributed by atoms with Crippen molar-refractivity contribution < 1.29 is 8.42 Å². The van der Waals surface area contributed by atoms with E-state index in [1.165, 1.54) is 0 Å². The Labute approximate surface area is 73.8 Å². The molecule has 10 heavy (non-hydrogen) atoms. The normalized spacial score (nSPS) is 10.8. The van der Waals surface area contributed by atoms with Crippen LogP contribution in [0.25, 0.3) is 0 Å². The molecular weight excluding hydrogens is 267 g/mol. The van der Waals surface area contributed by atoms with Crippen LogP contribution in [0.2, 0.25) is 0 Å². The van der Waals surface area contributed by atoms with E-state index in [9.17, 15) is 8.42 Å². The Morgan fingerprint density at radius 1 is 1.60 bits per heavy atom. The Bertz CT molecular complexity index is 218. The first kappa shape index (κ1) is 10.1. The highest BCUT2D eigenvalue weighted by molar-refractivity contribution is 14.1. The van der Waals surface area contributed by atoms with Gasteiger partial charge in [0.1, 0.15) is 0 Å². The molecule has 0 saturated carbocycles. The fourth-order valence-corrected chi connectivity index (χ4v) is 1.65. The number of halogens is 1. The average Bonchev–Trinajstić information content (AvgIpc) is 1.84. The lowest BCUT2D eigenvalue weighted by Crippen LogP contribution is -2.27. The molecule has 6 heteroatoms. The molecule has 0 aliphatic rings. The quantitative estimate of drug-likeness (QED) is 0.573. The highest BCUT2D eigenvalue weighted by atomic mass is 127. The van der Waals surface area contributed by atoms with Crippen LogP contribution in [0, 0.1) is 11.3 Å². The van der Waals surface area contributed by atoms with Crippen LogP contribution in [0.1, 0.15) is 0 Å². The predicted molar refractivity (Wildman–Crippen MR) is 46.3 cm³/mol. The first-order valence-corrected chi connectivity index (χ1v) is 5.70. The van der Waals surface area contributed by atoms with Gasteiger partial charge in [0.2, 0.25) is 10.0 Å². The van der Waals surface area contributed by atoms with Gasteiger partial charge >= 0.3 is 0 Å². The molecule has 0 heterocycles.